The van der Waals surface area contributed by atoms with Crippen molar-refractivity contribution in [3.05, 3.63) is 118 Å². The molecule has 0 aliphatic rings. The van der Waals surface area contributed by atoms with Crippen LogP contribution in [-0.4, -0.2) is 36.0 Å². The molecule has 0 radical (unpaired) electrons. The molecule has 188 valence electrons. The van der Waals surface area contributed by atoms with Gasteiger partial charge in [0.25, 0.3) is 0 Å². The first-order valence-electron chi connectivity index (χ1n) is 11.9. The van der Waals surface area contributed by atoms with Gasteiger partial charge in [-0.2, -0.15) is 0 Å². The van der Waals surface area contributed by atoms with Crippen LogP contribution in [-0.2, 0) is 12.8 Å². The quantitative estimate of drug-likeness (QED) is 0.272. The van der Waals surface area contributed by atoms with Crippen molar-refractivity contribution in [2.45, 2.75) is 19.3 Å². The summed E-state index contributed by atoms with van der Waals surface area (Å²) in [7, 11) is 3.03. The Labute approximate surface area is 215 Å². The van der Waals surface area contributed by atoms with E-state index < -0.39 is 0 Å². The first kappa shape index (κ1) is 25.5. The molecule has 0 spiro atoms. The summed E-state index contributed by atoms with van der Waals surface area (Å²) in [5, 5.41) is 21.0. The molecule has 4 aromatic carbocycles. The Morgan fingerprint density at radius 1 is 0.622 bits per heavy atom. The normalized spacial score (nSPS) is 10.6. The molecule has 6 nitrogen and oxygen atoms in total. The molecule has 0 amide bonds. The average molecular weight is 497 g/mol. The molecule has 0 aliphatic heterocycles. The standard InChI is InChI=1S/C31H28O6/c1-36-28-18-26(32)24(30(34)20-10-5-3-6-11-20)16-22(28)14-9-15-23-17-25(27(33)19-29(23)37-2)31(35)21-12-7-4-8-13-21/h3-8,10-13,16-19,32-33H,9,14-15H2,1-2H3. The van der Waals surface area contributed by atoms with Crippen LogP contribution in [0.2, 0.25) is 0 Å². The molecule has 4 aromatic rings. The van der Waals surface area contributed by atoms with Gasteiger partial charge in [0.1, 0.15) is 23.0 Å². The van der Waals surface area contributed by atoms with E-state index in [0.717, 1.165) is 11.1 Å². The smallest absolute Gasteiger partial charge is 0.196 e. The number of aryl methyl sites for hydroxylation is 2. The van der Waals surface area contributed by atoms with Gasteiger partial charge in [-0.15, -0.1) is 0 Å². The van der Waals surface area contributed by atoms with Crippen LogP contribution in [0.3, 0.4) is 0 Å². The summed E-state index contributed by atoms with van der Waals surface area (Å²) in [6.07, 6.45) is 1.73. The second kappa shape index (κ2) is 11.4. The van der Waals surface area contributed by atoms with E-state index in [2.05, 4.69) is 0 Å². The predicted molar refractivity (Wildman–Crippen MR) is 141 cm³/mol. The van der Waals surface area contributed by atoms with E-state index in [9.17, 15) is 19.8 Å². The molecule has 6 heteroatoms. The molecule has 0 unspecified atom stereocenters. The maximum Gasteiger partial charge on any atom is 0.196 e. The van der Waals surface area contributed by atoms with Crippen molar-refractivity contribution in [2.24, 2.45) is 0 Å². The zero-order valence-corrected chi connectivity index (χ0v) is 20.7. The van der Waals surface area contributed by atoms with Gasteiger partial charge in [-0.05, 0) is 42.5 Å². The number of methoxy groups -OCH3 is 2. The number of ether oxygens (including phenoxy) is 2. The summed E-state index contributed by atoms with van der Waals surface area (Å²) >= 11 is 0. The molecule has 37 heavy (non-hydrogen) atoms. The Balaban J connectivity index is 1.57. The number of hydrogen-bond acceptors (Lipinski definition) is 6. The molecule has 2 N–H and O–H groups in total. The van der Waals surface area contributed by atoms with Gasteiger partial charge in [-0.3, -0.25) is 9.59 Å². The number of rotatable bonds is 10. The van der Waals surface area contributed by atoms with Gasteiger partial charge >= 0.3 is 0 Å². The highest BCUT2D eigenvalue weighted by Gasteiger charge is 2.19. The molecule has 4 rings (SSSR count). The molecular formula is C31H28O6. The molecule has 0 saturated heterocycles. The van der Waals surface area contributed by atoms with Crippen molar-refractivity contribution in [1.29, 1.82) is 0 Å². The lowest BCUT2D eigenvalue weighted by Crippen LogP contribution is -2.05. The second-order valence-corrected chi connectivity index (χ2v) is 8.61. The fourth-order valence-electron chi connectivity index (χ4n) is 4.32. The molecule has 0 heterocycles. The number of carbonyl (C=O) groups excluding carboxylic acids is 2. The van der Waals surface area contributed by atoms with E-state index in [0.29, 0.717) is 41.9 Å². The second-order valence-electron chi connectivity index (χ2n) is 8.61. The van der Waals surface area contributed by atoms with E-state index in [1.54, 1.807) is 60.7 Å². The van der Waals surface area contributed by atoms with Crippen LogP contribution in [0, 0.1) is 0 Å². The zero-order valence-electron chi connectivity index (χ0n) is 20.7. The lowest BCUT2D eigenvalue weighted by atomic mass is 9.95. The number of phenolic OH excluding ortho intramolecular Hbond substituents is 2. The fraction of sp³-hybridized carbons (Fsp3) is 0.161. The SMILES string of the molecule is COc1cc(O)c(C(=O)c2ccccc2)cc1CCCc1cc(C(=O)c2ccccc2)c(O)cc1OC. The summed E-state index contributed by atoms with van der Waals surface area (Å²) in [4.78, 5) is 26.0. The third-order valence-electron chi connectivity index (χ3n) is 6.25. The number of aromatic hydroxyl groups is 2. The number of hydrogen-bond donors (Lipinski definition) is 2. The lowest BCUT2D eigenvalue weighted by Gasteiger charge is -2.14. The third-order valence-corrected chi connectivity index (χ3v) is 6.25. The molecule has 0 saturated carbocycles. The summed E-state index contributed by atoms with van der Waals surface area (Å²) in [6, 6.07) is 23.8. The number of carbonyl (C=O) groups is 2. The van der Waals surface area contributed by atoms with E-state index >= 15 is 0 Å². The Morgan fingerprint density at radius 3 is 1.35 bits per heavy atom. The van der Waals surface area contributed by atoms with E-state index in [4.69, 9.17) is 9.47 Å². The largest absolute Gasteiger partial charge is 0.507 e. The summed E-state index contributed by atoms with van der Waals surface area (Å²) < 4.78 is 10.9. The lowest BCUT2D eigenvalue weighted by molar-refractivity contribution is 0.102. The van der Waals surface area contributed by atoms with Crippen LogP contribution >= 0.6 is 0 Å². The predicted octanol–water partition coefficient (Wildman–Crippen LogP) is 5.75. The summed E-state index contributed by atoms with van der Waals surface area (Å²) in [6.45, 7) is 0. The zero-order chi connectivity index (χ0) is 26.4. The van der Waals surface area contributed by atoms with Crippen molar-refractivity contribution in [1.82, 2.24) is 0 Å². The Bertz CT molecular complexity index is 1300. The van der Waals surface area contributed by atoms with E-state index in [1.165, 1.54) is 26.4 Å². The Kier molecular flexibility index (Phi) is 7.89. The minimum Gasteiger partial charge on any atom is -0.507 e. The van der Waals surface area contributed by atoms with Crippen molar-refractivity contribution < 1.29 is 29.3 Å². The Hall–Kier alpha value is -4.58. The molecule has 0 aliphatic carbocycles. The van der Waals surface area contributed by atoms with Crippen molar-refractivity contribution in [3.63, 3.8) is 0 Å². The van der Waals surface area contributed by atoms with Gasteiger partial charge in [-0.25, -0.2) is 0 Å². The first-order valence-corrected chi connectivity index (χ1v) is 11.9. The molecule has 0 atom stereocenters. The first-order chi connectivity index (χ1) is 17.9. The highest BCUT2D eigenvalue weighted by atomic mass is 16.5. The molecule has 0 bridgehead atoms. The van der Waals surface area contributed by atoms with Gasteiger partial charge in [0.2, 0.25) is 0 Å². The number of ketones is 2. The summed E-state index contributed by atoms with van der Waals surface area (Å²) in [5.74, 6) is 0.148. The average Bonchev–Trinajstić information content (AvgIpc) is 2.94. The van der Waals surface area contributed by atoms with E-state index in [1.807, 2.05) is 12.1 Å². The van der Waals surface area contributed by atoms with Crippen LogP contribution in [0.4, 0.5) is 0 Å². The van der Waals surface area contributed by atoms with Crippen LogP contribution < -0.4 is 9.47 Å². The van der Waals surface area contributed by atoms with Crippen molar-refractivity contribution in [3.8, 4) is 23.0 Å². The maximum absolute atomic E-state index is 13.0. The van der Waals surface area contributed by atoms with Gasteiger partial charge in [0.05, 0.1) is 25.3 Å². The molecular weight excluding hydrogens is 468 g/mol. The molecule has 0 fully saturated rings. The number of phenols is 2. The van der Waals surface area contributed by atoms with Crippen LogP contribution in [0.15, 0.2) is 84.9 Å². The van der Waals surface area contributed by atoms with Crippen LogP contribution in [0.5, 0.6) is 23.0 Å². The maximum atomic E-state index is 13.0. The topological polar surface area (TPSA) is 93.1 Å². The Morgan fingerprint density at radius 2 is 1.00 bits per heavy atom. The van der Waals surface area contributed by atoms with Gasteiger partial charge in [0.15, 0.2) is 11.6 Å². The number of benzene rings is 4. The minimum atomic E-state index is -0.272. The minimum absolute atomic E-state index is 0.140. The van der Waals surface area contributed by atoms with Gasteiger partial charge in [-0.1, -0.05) is 60.7 Å². The highest BCUT2D eigenvalue weighted by Crippen LogP contribution is 2.33. The van der Waals surface area contributed by atoms with Crippen molar-refractivity contribution >= 4 is 11.6 Å². The van der Waals surface area contributed by atoms with Gasteiger partial charge in [0, 0.05) is 23.3 Å². The monoisotopic (exact) mass is 496 g/mol. The highest BCUT2D eigenvalue weighted by molar-refractivity contribution is 6.11. The van der Waals surface area contributed by atoms with E-state index in [-0.39, 0.29) is 34.2 Å². The third kappa shape index (κ3) is 5.64. The fourth-order valence-corrected chi connectivity index (χ4v) is 4.32. The van der Waals surface area contributed by atoms with Crippen molar-refractivity contribution in [2.75, 3.05) is 14.2 Å². The summed E-state index contributed by atoms with van der Waals surface area (Å²) in [5.41, 5.74) is 2.94. The van der Waals surface area contributed by atoms with Crippen LogP contribution in [0.25, 0.3) is 0 Å². The van der Waals surface area contributed by atoms with Gasteiger partial charge < -0.3 is 19.7 Å². The molecule has 0 aromatic heterocycles. The van der Waals surface area contributed by atoms with Crippen LogP contribution in [0.1, 0.15) is 49.4 Å².